The van der Waals surface area contributed by atoms with Crippen molar-refractivity contribution in [3.05, 3.63) is 46.7 Å². The SMILES string of the molecule is CC1(C)OC23CCC4(C)C(CCC5Cc6c([nH]c7ccc(C#N)cc67)[C@@]54C)C2=CC(=O)C1O3.OCCCO. The van der Waals surface area contributed by atoms with Gasteiger partial charge < -0.3 is 24.7 Å². The van der Waals surface area contributed by atoms with Crippen molar-refractivity contribution in [2.24, 2.45) is 17.3 Å². The van der Waals surface area contributed by atoms with E-state index in [1.807, 2.05) is 38.1 Å². The number of hydrogen-bond acceptors (Lipinski definition) is 6. The first kappa shape index (κ1) is 25.8. The zero-order chi connectivity index (χ0) is 27.1. The molecule has 7 heteroatoms. The van der Waals surface area contributed by atoms with Crippen LogP contribution in [0.15, 0.2) is 29.8 Å². The van der Waals surface area contributed by atoms with Crippen LogP contribution in [-0.2, 0) is 26.1 Å². The molecule has 7 rings (SSSR count). The van der Waals surface area contributed by atoms with Crippen LogP contribution in [0.3, 0.4) is 0 Å². The molecule has 38 heavy (non-hydrogen) atoms. The van der Waals surface area contributed by atoms with Crippen LogP contribution in [0, 0.1) is 28.6 Å². The lowest BCUT2D eigenvalue weighted by molar-refractivity contribution is -0.205. The van der Waals surface area contributed by atoms with E-state index in [-0.39, 0.29) is 35.7 Å². The smallest absolute Gasteiger partial charge is 0.193 e. The Morgan fingerprint density at radius 1 is 1.13 bits per heavy atom. The lowest BCUT2D eigenvalue weighted by atomic mass is 9.44. The van der Waals surface area contributed by atoms with Gasteiger partial charge in [-0.3, -0.25) is 4.79 Å². The number of ketones is 1. The molecule has 1 spiro atoms. The van der Waals surface area contributed by atoms with Crippen LogP contribution >= 0.6 is 0 Å². The molecular formula is C31H38N2O5. The van der Waals surface area contributed by atoms with Gasteiger partial charge in [-0.15, -0.1) is 0 Å². The highest BCUT2D eigenvalue weighted by Gasteiger charge is 2.69. The van der Waals surface area contributed by atoms with Gasteiger partial charge in [0.25, 0.3) is 0 Å². The first-order valence-electron chi connectivity index (χ1n) is 14.0. The van der Waals surface area contributed by atoms with Gasteiger partial charge >= 0.3 is 0 Å². The number of ether oxygens (including phenoxy) is 2. The maximum absolute atomic E-state index is 13.1. The Balaban J connectivity index is 0.000000487. The van der Waals surface area contributed by atoms with Crippen LogP contribution in [0.4, 0.5) is 0 Å². The molecular weight excluding hydrogens is 480 g/mol. The molecule has 2 aliphatic heterocycles. The summed E-state index contributed by atoms with van der Waals surface area (Å²) >= 11 is 0. The van der Waals surface area contributed by atoms with Crippen molar-refractivity contribution >= 4 is 16.7 Å². The second kappa shape index (κ2) is 8.50. The average molecular weight is 519 g/mol. The van der Waals surface area contributed by atoms with E-state index in [9.17, 15) is 10.1 Å². The van der Waals surface area contributed by atoms with Crippen LogP contribution in [0.1, 0.15) is 76.6 Å². The number of benzene rings is 1. The number of hydrogen-bond donors (Lipinski definition) is 3. The van der Waals surface area contributed by atoms with E-state index >= 15 is 0 Å². The van der Waals surface area contributed by atoms with Gasteiger partial charge in [0.15, 0.2) is 17.7 Å². The van der Waals surface area contributed by atoms with Gasteiger partial charge in [-0.2, -0.15) is 5.26 Å². The first-order chi connectivity index (χ1) is 18.0. The quantitative estimate of drug-likeness (QED) is 0.541. The van der Waals surface area contributed by atoms with E-state index in [1.165, 1.54) is 16.6 Å². The minimum atomic E-state index is -0.737. The third-order valence-corrected chi connectivity index (χ3v) is 10.6. The molecule has 5 aliphatic rings. The van der Waals surface area contributed by atoms with Crippen molar-refractivity contribution in [3.63, 3.8) is 0 Å². The average Bonchev–Trinajstić information content (AvgIpc) is 3.47. The molecule has 6 atom stereocenters. The van der Waals surface area contributed by atoms with E-state index in [4.69, 9.17) is 19.7 Å². The highest BCUT2D eigenvalue weighted by molar-refractivity contribution is 5.97. The first-order valence-corrected chi connectivity index (χ1v) is 14.0. The number of H-pyrrole nitrogens is 1. The van der Waals surface area contributed by atoms with Gasteiger partial charge in [-0.1, -0.05) is 13.8 Å². The van der Waals surface area contributed by atoms with Crippen LogP contribution in [0.25, 0.3) is 10.9 Å². The Labute approximate surface area is 223 Å². The fraction of sp³-hybridized carbons (Fsp3) is 0.613. The van der Waals surface area contributed by atoms with Crippen molar-refractivity contribution in [2.75, 3.05) is 13.2 Å². The van der Waals surface area contributed by atoms with Crippen molar-refractivity contribution < 1.29 is 24.5 Å². The molecule has 1 aromatic heterocycles. The molecule has 3 N–H and O–H groups in total. The summed E-state index contributed by atoms with van der Waals surface area (Å²) in [5.41, 5.74) is 5.01. The normalized spacial score (nSPS) is 37.8. The topological polar surface area (TPSA) is 116 Å². The predicted molar refractivity (Wildman–Crippen MR) is 142 cm³/mol. The van der Waals surface area contributed by atoms with Gasteiger partial charge in [-0.05, 0) is 98.6 Å². The number of carbonyl (C=O) groups is 1. The van der Waals surface area contributed by atoms with E-state index < -0.39 is 17.5 Å². The lowest BCUT2D eigenvalue weighted by Gasteiger charge is -2.61. The lowest BCUT2D eigenvalue weighted by Crippen LogP contribution is -2.60. The standard InChI is InChI=1S/C28H30N2O3.C3H8O2/c1-25(2)24-22(31)13-20-19-7-6-16-12-18-17-11-15(14-29)5-8-21(17)30-23(18)27(16,4)26(19,3)9-10-28(20,32-24)33-25;4-2-1-3-5/h5,8,11,13,16,19,24,30H,6-7,9-10,12H2,1-4H3;4-5H,1-3H2/t16?,19?,24?,26?,27-,28?;/m1./s1. The second-order valence-electron chi connectivity index (χ2n) is 12.8. The summed E-state index contributed by atoms with van der Waals surface area (Å²) in [6.07, 6.45) is 6.91. The van der Waals surface area contributed by atoms with Gasteiger partial charge in [-0.25, -0.2) is 0 Å². The Kier molecular flexibility index (Phi) is 5.76. The van der Waals surface area contributed by atoms with Crippen molar-refractivity contribution in [1.82, 2.24) is 4.98 Å². The minimum absolute atomic E-state index is 0.0102. The molecule has 3 aliphatic carbocycles. The van der Waals surface area contributed by atoms with E-state index in [0.29, 0.717) is 17.9 Å². The molecule has 202 valence electrons. The van der Waals surface area contributed by atoms with Gasteiger partial charge in [0.1, 0.15) is 5.60 Å². The largest absolute Gasteiger partial charge is 0.396 e. The van der Waals surface area contributed by atoms with Crippen LogP contribution in [-0.4, -0.2) is 51.7 Å². The number of aromatic amines is 1. The number of rotatable bonds is 2. The Bertz CT molecular complexity index is 1380. The zero-order valence-corrected chi connectivity index (χ0v) is 22.8. The number of carbonyl (C=O) groups excluding carboxylic acids is 1. The summed E-state index contributed by atoms with van der Waals surface area (Å²) in [7, 11) is 0. The molecule has 2 bridgehead atoms. The summed E-state index contributed by atoms with van der Waals surface area (Å²) in [5, 5.41) is 26.4. The molecule has 0 radical (unpaired) electrons. The van der Waals surface area contributed by atoms with Crippen LogP contribution in [0.2, 0.25) is 0 Å². The summed E-state index contributed by atoms with van der Waals surface area (Å²) in [6, 6.07) is 8.30. The maximum Gasteiger partial charge on any atom is 0.193 e. The molecule has 1 saturated heterocycles. The summed E-state index contributed by atoms with van der Waals surface area (Å²) < 4.78 is 13.0. The third kappa shape index (κ3) is 3.24. The minimum Gasteiger partial charge on any atom is -0.396 e. The van der Waals surface area contributed by atoms with Crippen molar-refractivity contribution in [1.29, 1.82) is 5.26 Å². The number of nitrogens with zero attached hydrogens (tertiary/aromatic N) is 1. The van der Waals surface area contributed by atoms with E-state index in [2.05, 4.69) is 24.9 Å². The fourth-order valence-corrected chi connectivity index (χ4v) is 8.57. The maximum atomic E-state index is 13.1. The Hall–Kier alpha value is -2.50. The number of nitriles is 1. The number of aromatic nitrogens is 1. The van der Waals surface area contributed by atoms with Crippen molar-refractivity contribution in [3.8, 4) is 6.07 Å². The Morgan fingerprint density at radius 3 is 2.58 bits per heavy atom. The van der Waals surface area contributed by atoms with Crippen LogP contribution in [0.5, 0.6) is 0 Å². The number of aliphatic hydroxyl groups excluding tert-OH is 2. The van der Waals surface area contributed by atoms with E-state index in [0.717, 1.165) is 43.2 Å². The predicted octanol–water partition coefficient (Wildman–Crippen LogP) is 4.44. The summed E-state index contributed by atoms with van der Waals surface area (Å²) in [5.74, 6) is 0.123. The Morgan fingerprint density at radius 2 is 1.89 bits per heavy atom. The molecule has 3 fully saturated rings. The van der Waals surface area contributed by atoms with Gasteiger partial charge in [0, 0.05) is 41.6 Å². The molecule has 3 heterocycles. The highest BCUT2D eigenvalue weighted by Crippen LogP contribution is 2.70. The van der Waals surface area contributed by atoms with Crippen LogP contribution < -0.4 is 0 Å². The zero-order valence-electron chi connectivity index (χ0n) is 22.8. The molecule has 1 aromatic carbocycles. The molecule has 2 saturated carbocycles. The van der Waals surface area contributed by atoms with E-state index in [1.54, 1.807) is 0 Å². The van der Waals surface area contributed by atoms with Gasteiger partial charge in [0.05, 0.1) is 11.6 Å². The monoisotopic (exact) mass is 518 g/mol. The molecule has 5 unspecified atom stereocenters. The second-order valence-corrected chi connectivity index (χ2v) is 12.8. The third-order valence-electron chi connectivity index (χ3n) is 10.6. The highest BCUT2D eigenvalue weighted by atomic mass is 16.8. The molecule has 0 amide bonds. The number of aliphatic hydroxyl groups is 2. The number of nitrogens with one attached hydrogen (secondary N) is 1. The number of fused-ring (bicyclic) bond motifs is 9. The van der Waals surface area contributed by atoms with Crippen molar-refractivity contribution in [2.45, 2.75) is 89.1 Å². The summed E-state index contributed by atoms with van der Waals surface area (Å²) in [6.45, 7) is 9.04. The molecule has 2 aromatic rings. The fourth-order valence-electron chi connectivity index (χ4n) is 8.57. The summed E-state index contributed by atoms with van der Waals surface area (Å²) in [4.78, 5) is 16.9. The van der Waals surface area contributed by atoms with Gasteiger partial charge in [0.2, 0.25) is 0 Å². The molecule has 7 nitrogen and oxygen atoms in total.